The van der Waals surface area contributed by atoms with Gasteiger partial charge in [0.05, 0.1) is 5.92 Å². The molecule has 2 atom stereocenters. The van der Waals surface area contributed by atoms with E-state index in [1.807, 2.05) is 72.1 Å². The SMILES string of the molecule is CON=O.O=C(O)C1CCC1c1ccccc1.c1ccc(C2CCCCC2)cc1.c1ccccc1. The summed E-state index contributed by atoms with van der Waals surface area (Å²) in [5.74, 6) is 0.307. The van der Waals surface area contributed by atoms with Gasteiger partial charge in [0.15, 0.2) is 5.34 Å². The highest BCUT2D eigenvalue weighted by Crippen LogP contribution is 2.42. The zero-order valence-electron chi connectivity index (χ0n) is 20.5. The van der Waals surface area contributed by atoms with Crippen LogP contribution in [0.5, 0.6) is 0 Å². The van der Waals surface area contributed by atoms with Gasteiger partial charge in [-0.05, 0) is 48.6 Å². The lowest BCUT2D eigenvalue weighted by Gasteiger charge is -2.33. The Kier molecular flexibility index (Phi) is 13.5. The fourth-order valence-electron chi connectivity index (χ4n) is 4.44. The second kappa shape index (κ2) is 17.0. The van der Waals surface area contributed by atoms with Gasteiger partial charge in [-0.2, -0.15) is 0 Å². The van der Waals surface area contributed by atoms with E-state index in [1.54, 1.807) is 5.56 Å². The van der Waals surface area contributed by atoms with Crippen molar-refractivity contribution in [2.75, 3.05) is 7.11 Å². The number of hydrogen-bond acceptors (Lipinski definition) is 4. The molecule has 2 fully saturated rings. The lowest BCUT2D eigenvalue weighted by molar-refractivity contribution is -0.145. The number of carbonyl (C=O) groups is 1. The van der Waals surface area contributed by atoms with Gasteiger partial charge < -0.3 is 9.94 Å². The van der Waals surface area contributed by atoms with Crippen LogP contribution in [0.25, 0.3) is 0 Å². The lowest BCUT2D eigenvalue weighted by atomic mass is 9.70. The van der Waals surface area contributed by atoms with Crippen molar-refractivity contribution in [3.8, 4) is 0 Å². The van der Waals surface area contributed by atoms with E-state index in [-0.39, 0.29) is 11.8 Å². The highest BCUT2D eigenvalue weighted by Gasteiger charge is 2.37. The van der Waals surface area contributed by atoms with Crippen LogP contribution in [0.2, 0.25) is 0 Å². The molecule has 0 saturated heterocycles. The number of nitrogens with zero attached hydrogens (tertiary/aromatic N) is 1. The predicted octanol–water partition coefficient (Wildman–Crippen LogP) is 8.00. The molecule has 3 aromatic carbocycles. The Bertz CT molecular complexity index is 902. The maximum absolute atomic E-state index is 10.8. The van der Waals surface area contributed by atoms with Gasteiger partial charge in [0.25, 0.3) is 0 Å². The second-order valence-corrected chi connectivity index (χ2v) is 8.70. The Labute approximate surface area is 209 Å². The summed E-state index contributed by atoms with van der Waals surface area (Å²) in [7, 11) is 1.20. The summed E-state index contributed by atoms with van der Waals surface area (Å²) >= 11 is 0. The van der Waals surface area contributed by atoms with Crippen molar-refractivity contribution >= 4 is 5.97 Å². The van der Waals surface area contributed by atoms with Crippen molar-refractivity contribution in [3.63, 3.8) is 0 Å². The average molecular weight is 476 g/mol. The van der Waals surface area contributed by atoms with Gasteiger partial charge in [0.2, 0.25) is 0 Å². The first kappa shape index (κ1) is 27.8. The molecule has 0 amide bonds. The van der Waals surface area contributed by atoms with E-state index in [0.29, 0.717) is 0 Å². The third kappa shape index (κ3) is 10.6. The molecule has 2 aliphatic rings. The fourth-order valence-corrected chi connectivity index (χ4v) is 4.44. The zero-order chi connectivity index (χ0) is 25.1. The Morgan fingerprint density at radius 2 is 1.14 bits per heavy atom. The highest BCUT2D eigenvalue weighted by molar-refractivity contribution is 5.72. The Morgan fingerprint density at radius 3 is 1.51 bits per heavy atom. The molecule has 0 heterocycles. The number of aliphatic carboxylic acids is 1. The first-order valence-electron chi connectivity index (χ1n) is 12.4. The minimum Gasteiger partial charge on any atom is -0.481 e. The monoisotopic (exact) mass is 475 g/mol. The molecule has 5 heteroatoms. The summed E-state index contributed by atoms with van der Waals surface area (Å²) in [6.45, 7) is 0. The van der Waals surface area contributed by atoms with Crippen molar-refractivity contribution in [1.29, 1.82) is 0 Å². The van der Waals surface area contributed by atoms with E-state index >= 15 is 0 Å². The zero-order valence-corrected chi connectivity index (χ0v) is 20.5. The van der Waals surface area contributed by atoms with Crippen molar-refractivity contribution < 1.29 is 14.7 Å². The fraction of sp³-hybridized carbons (Fsp3) is 0.367. The highest BCUT2D eigenvalue weighted by atomic mass is 16.7. The maximum Gasteiger partial charge on any atom is 0.307 e. The number of carboxylic acids is 1. The topological polar surface area (TPSA) is 76.0 Å². The van der Waals surface area contributed by atoms with Crippen LogP contribution >= 0.6 is 0 Å². The average Bonchev–Trinajstić information content (AvgIpc) is 2.91. The van der Waals surface area contributed by atoms with Crippen LogP contribution in [0.15, 0.2) is 102 Å². The number of rotatable bonds is 4. The molecule has 1 N–H and O–H groups in total. The van der Waals surface area contributed by atoms with E-state index in [1.165, 1.54) is 44.8 Å². The van der Waals surface area contributed by atoms with Gasteiger partial charge >= 0.3 is 5.97 Å². The van der Waals surface area contributed by atoms with Crippen LogP contribution in [-0.2, 0) is 9.63 Å². The van der Waals surface area contributed by atoms with Crippen molar-refractivity contribution in [3.05, 3.63) is 113 Å². The van der Waals surface area contributed by atoms with E-state index < -0.39 is 5.97 Å². The molecule has 3 aromatic rings. The largest absolute Gasteiger partial charge is 0.481 e. The molecule has 0 bridgehead atoms. The van der Waals surface area contributed by atoms with Gasteiger partial charge in [0.1, 0.15) is 7.11 Å². The van der Waals surface area contributed by atoms with Crippen molar-refractivity contribution in [2.24, 2.45) is 11.3 Å². The lowest BCUT2D eigenvalue weighted by Crippen LogP contribution is -2.30. The molecule has 0 radical (unpaired) electrons. The Balaban J connectivity index is 0.000000181. The van der Waals surface area contributed by atoms with E-state index in [4.69, 9.17) is 10.0 Å². The van der Waals surface area contributed by atoms with Gasteiger partial charge in [0, 0.05) is 0 Å². The van der Waals surface area contributed by atoms with E-state index in [9.17, 15) is 4.79 Å². The molecule has 0 aromatic heterocycles. The van der Waals surface area contributed by atoms with Crippen molar-refractivity contribution in [2.45, 2.75) is 56.8 Å². The Morgan fingerprint density at radius 1 is 0.714 bits per heavy atom. The predicted molar refractivity (Wildman–Crippen MR) is 141 cm³/mol. The summed E-state index contributed by atoms with van der Waals surface area (Å²) in [4.78, 5) is 23.1. The third-order valence-corrected chi connectivity index (χ3v) is 6.44. The number of carboxylic acid groups (broad SMARTS) is 1. The van der Waals surface area contributed by atoms with Gasteiger partial charge in [-0.15, -0.1) is 4.91 Å². The Hall–Kier alpha value is -3.47. The van der Waals surface area contributed by atoms with E-state index in [0.717, 1.165) is 18.8 Å². The van der Waals surface area contributed by atoms with Crippen LogP contribution in [0.3, 0.4) is 0 Å². The summed E-state index contributed by atoms with van der Waals surface area (Å²) in [6, 6.07) is 32.9. The van der Waals surface area contributed by atoms with Crippen LogP contribution in [-0.4, -0.2) is 18.2 Å². The smallest absolute Gasteiger partial charge is 0.307 e. The van der Waals surface area contributed by atoms with Gasteiger partial charge in [-0.25, -0.2) is 0 Å². The van der Waals surface area contributed by atoms with Crippen LogP contribution in [0, 0.1) is 10.8 Å². The molecule has 2 aliphatic carbocycles. The summed E-state index contributed by atoms with van der Waals surface area (Å²) in [6.07, 6.45) is 8.96. The molecule has 0 spiro atoms. The van der Waals surface area contributed by atoms with E-state index in [2.05, 4.69) is 35.2 Å². The first-order valence-corrected chi connectivity index (χ1v) is 12.4. The summed E-state index contributed by atoms with van der Waals surface area (Å²) in [5, 5.41) is 10.9. The molecule has 186 valence electrons. The normalized spacial score (nSPS) is 18.4. The first-order chi connectivity index (χ1) is 17.2. The standard InChI is InChI=1S/C12H16.C11H12O2.C6H6.CH3NO2/c1-3-7-11(8-4-1)12-9-5-2-6-10-12;12-11(13)10-7-6-9(10)8-4-2-1-3-5-8;1-2-4-6-5-3-1;1-4-2-3/h1,3-4,7-8,12H,2,5-6,9-10H2;1-5,9-10H,6-7H2,(H,12,13);1-6H;1H3. The molecule has 2 saturated carbocycles. The van der Waals surface area contributed by atoms with Crippen LogP contribution in [0.1, 0.15) is 67.9 Å². The molecule has 35 heavy (non-hydrogen) atoms. The molecule has 5 nitrogen and oxygen atoms in total. The van der Waals surface area contributed by atoms with Crippen LogP contribution < -0.4 is 0 Å². The van der Waals surface area contributed by atoms with Crippen LogP contribution in [0.4, 0.5) is 0 Å². The minimum atomic E-state index is -0.653. The third-order valence-electron chi connectivity index (χ3n) is 6.44. The van der Waals surface area contributed by atoms with Gasteiger partial charge in [-0.3, -0.25) is 4.79 Å². The number of benzene rings is 3. The molecule has 2 unspecified atom stereocenters. The molecule has 0 aliphatic heterocycles. The quantitative estimate of drug-likeness (QED) is 0.306. The minimum absolute atomic E-state index is 0.151. The molecular weight excluding hydrogens is 438 g/mol. The van der Waals surface area contributed by atoms with Gasteiger partial charge in [-0.1, -0.05) is 116 Å². The maximum atomic E-state index is 10.8. The molecular formula is C30H37NO4. The second-order valence-electron chi connectivity index (χ2n) is 8.70. The summed E-state index contributed by atoms with van der Waals surface area (Å²) in [5.41, 5.74) is 2.72. The van der Waals surface area contributed by atoms with Crippen molar-refractivity contribution in [1.82, 2.24) is 0 Å². The number of hydrogen-bond donors (Lipinski definition) is 1. The molecule has 5 rings (SSSR count). The summed E-state index contributed by atoms with van der Waals surface area (Å²) < 4.78 is 0.